The number of aryl methyl sites for hydroxylation is 3. The molecule has 3 rings (SSSR count). The summed E-state index contributed by atoms with van der Waals surface area (Å²) in [6.07, 6.45) is 0. The molecule has 0 aliphatic carbocycles. The molecule has 0 aliphatic heterocycles. The Morgan fingerprint density at radius 1 is 1.12 bits per heavy atom. The third-order valence-corrected chi connectivity index (χ3v) is 4.87. The van der Waals surface area contributed by atoms with Crippen LogP contribution >= 0.6 is 11.8 Å². The average Bonchev–Trinajstić information content (AvgIpc) is 2.97. The number of hydrogen-bond acceptors (Lipinski definition) is 4. The van der Waals surface area contributed by atoms with E-state index >= 15 is 0 Å². The second kappa shape index (κ2) is 7.70. The van der Waals surface area contributed by atoms with Crippen molar-refractivity contribution in [2.45, 2.75) is 25.9 Å². The van der Waals surface area contributed by atoms with E-state index in [0.29, 0.717) is 16.4 Å². The molecule has 1 N–H and O–H groups in total. The Kier molecular flexibility index (Phi) is 5.37. The minimum atomic E-state index is -0.342. The van der Waals surface area contributed by atoms with E-state index in [-0.39, 0.29) is 17.5 Å². The van der Waals surface area contributed by atoms with Gasteiger partial charge in [-0.3, -0.25) is 9.36 Å². The lowest BCUT2D eigenvalue weighted by atomic mass is 10.2. The Morgan fingerprint density at radius 2 is 1.88 bits per heavy atom. The maximum absolute atomic E-state index is 13.6. The number of carbonyl (C=O) groups excluding carboxylic acids is 1. The van der Waals surface area contributed by atoms with Gasteiger partial charge in [0.25, 0.3) is 0 Å². The molecule has 1 aromatic heterocycles. The number of benzene rings is 2. The van der Waals surface area contributed by atoms with Crippen molar-refractivity contribution in [3.63, 3.8) is 0 Å². The Balaban J connectivity index is 1.71. The average molecular weight is 370 g/mol. The Hall–Kier alpha value is -2.67. The van der Waals surface area contributed by atoms with Crippen LogP contribution in [0.25, 0.3) is 5.69 Å². The van der Waals surface area contributed by atoms with E-state index in [2.05, 4.69) is 15.5 Å². The highest BCUT2D eigenvalue weighted by Crippen LogP contribution is 2.24. The largest absolute Gasteiger partial charge is 0.325 e. The molecule has 0 aliphatic rings. The molecule has 0 saturated heterocycles. The Bertz CT molecular complexity index is 954. The molecule has 1 amide bonds. The fraction of sp³-hybridized carbons (Fsp3) is 0.211. The number of halogens is 1. The molecule has 0 spiro atoms. The molecule has 0 atom stereocenters. The number of thioether (sulfide) groups is 1. The first-order valence-corrected chi connectivity index (χ1v) is 9.11. The van der Waals surface area contributed by atoms with Crippen molar-refractivity contribution < 1.29 is 9.18 Å². The Morgan fingerprint density at radius 3 is 2.62 bits per heavy atom. The van der Waals surface area contributed by atoms with E-state index in [1.807, 2.05) is 42.7 Å². The minimum absolute atomic E-state index is 0.152. The van der Waals surface area contributed by atoms with Gasteiger partial charge in [-0.2, -0.15) is 0 Å². The highest BCUT2D eigenvalue weighted by atomic mass is 32.2. The molecule has 0 unspecified atom stereocenters. The molecule has 0 fully saturated rings. The van der Waals surface area contributed by atoms with Gasteiger partial charge < -0.3 is 5.32 Å². The summed E-state index contributed by atoms with van der Waals surface area (Å²) < 4.78 is 15.5. The number of nitrogens with one attached hydrogen (secondary N) is 1. The van der Waals surface area contributed by atoms with Gasteiger partial charge in [0, 0.05) is 5.69 Å². The number of anilines is 1. The van der Waals surface area contributed by atoms with Gasteiger partial charge in [0.1, 0.15) is 11.6 Å². The molecule has 1 heterocycles. The number of rotatable bonds is 5. The maximum Gasteiger partial charge on any atom is 0.234 e. The number of carbonyl (C=O) groups is 1. The van der Waals surface area contributed by atoms with Gasteiger partial charge in [-0.1, -0.05) is 36.0 Å². The zero-order valence-electron chi connectivity index (χ0n) is 14.8. The van der Waals surface area contributed by atoms with Crippen LogP contribution < -0.4 is 5.32 Å². The van der Waals surface area contributed by atoms with Crippen LogP contribution in [0.2, 0.25) is 0 Å². The standard InChI is InChI=1S/C19H19FN4OS/c1-12-8-9-15(10-16(12)20)21-18(25)11-26-19-23-22-14(3)24(19)17-7-5-4-6-13(17)2/h4-10H,11H2,1-3H3,(H,21,25). The minimum Gasteiger partial charge on any atom is -0.325 e. The fourth-order valence-electron chi connectivity index (χ4n) is 2.53. The lowest BCUT2D eigenvalue weighted by Crippen LogP contribution is -2.15. The van der Waals surface area contributed by atoms with Gasteiger partial charge >= 0.3 is 0 Å². The van der Waals surface area contributed by atoms with Crippen molar-refractivity contribution in [3.8, 4) is 5.69 Å². The molecular formula is C19H19FN4OS. The first-order chi connectivity index (χ1) is 12.5. The van der Waals surface area contributed by atoms with Crippen molar-refractivity contribution in [2.75, 3.05) is 11.1 Å². The van der Waals surface area contributed by atoms with Crippen LogP contribution in [0.4, 0.5) is 10.1 Å². The van der Waals surface area contributed by atoms with Gasteiger partial charge in [0.05, 0.1) is 11.4 Å². The van der Waals surface area contributed by atoms with Gasteiger partial charge in [-0.25, -0.2) is 4.39 Å². The van der Waals surface area contributed by atoms with Crippen LogP contribution in [0.1, 0.15) is 17.0 Å². The van der Waals surface area contributed by atoms with Gasteiger partial charge in [0.15, 0.2) is 5.16 Å². The van der Waals surface area contributed by atoms with Crippen molar-refractivity contribution in [2.24, 2.45) is 0 Å². The van der Waals surface area contributed by atoms with Crippen molar-refractivity contribution in [1.82, 2.24) is 14.8 Å². The van der Waals surface area contributed by atoms with Crippen LogP contribution in [-0.2, 0) is 4.79 Å². The molecule has 0 radical (unpaired) electrons. The molecular weight excluding hydrogens is 351 g/mol. The van der Waals surface area contributed by atoms with Crippen LogP contribution in [0.15, 0.2) is 47.6 Å². The molecule has 0 saturated carbocycles. The molecule has 7 heteroatoms. The first kappa shape index (κ1) is 18.1. The van der Waals surface area contributed by atoms with Crippen LogP contribution in [0.3, 0.4) is 0 Å². The smallest absolute Gasteiger partial charge is 0.234 e. The zero-order chi connectivity index (χ0) is 18.7. The Labute approximate surface area is 155 Å². The molecule has 3 aromatic rings. The number of amides is 1. The maximum atomic E-state index is 13.6. The van der Waals surface area contributed by atoms with E-state index in [9.17, 15) is 9.18 Å². The van der Waals surface area contributed by atoms with E-state index in [4.69, 9.17) is 0 Å². The first-order valence-electron chi connectivity index (χ1n) is 8.12. The highest BCUT2D eigenvalue weighted by molar-refractivity contribution is 7.99. The number of para-hydroxylation sites is 1. The summed E-state index contributed by atoms with van der Waals surface area (Å²) in [5.74, 6) is 0.336. The summed E-state index contributed by atoms with van der Waals surface area (Å²) in [7, 11) is 0. The monoisotopic (exact) mass is 370 g/mol. The normalized spacial score (nSPS) is 10.8. The third kappa shape index (κ3) is 3.94. The van der Waals surface area contributed by atoms with Gasteiger partial charge in [-0.15, -0.1) is 10.2 Å². The summed E-state index contributed by atoms with van der Waals surface area (Å²) in [6, 6.07) is 12.6. The topological polar surface area (TPSA) is 59.8 Å². The fourth-order valence-corrected chi connectivity index (χ4v) is 3.32. The van der Waals surface area contributed by atoms with Gasteiger partial charge in [0.2, 0.25) is 5.91 Å². The lowest BCUT2D eigenvalue weighted by Gasteiger charge is -2.11. The van der Waals surface area contributed by atoms with Crippen molar-refractivity contribution in [1.29, 1.82) is 0 Å². The van der Waals surface area contributed by atoms with E-state index < -0.39 is 0 Å². The number of hydrogen-bond donors (Lipinski definition) is 1. The summed E-state index contributed by atoms with van der Waals surface area (Å²) in [5.41, 5.74) is 3.06. The van der Waals surface area contributed by atoms with Crippen molar-refractivity contribution >= 4 is 23.4 Å². The summed E-state index contributed by atoms with van der Waals surface area (Å²) in [4.78, 5) is 12.2. The predicted octanol–water partition coefficient (Wildman–Crippen LogP) is 4.06. The third-order valence-electron chi connectivity index (χ3n) is 3.94. The second-order valence-electron chi connectivity index (χ2n) is 5.95. The molecule has 5 nitrogen and oxygen atoms in total. The predicted molar refractivity (Wildman–Crippen MR) is 101 cm³/mol. The number of nitrogens with zero attached hydrogens (tertiary/aromatic N) is 3. The van der Waals surface area contributed by atoms with Crippen LogP contribution in [0, 0.1) is 26.6 Å². The second-order valence-corrected chi connectivity index (χ2v) is 6.89. The molecule has 0 bridgehead atoms. The van der Waals surface area contributed by atoms with Crippen LogP contribution in [0.5, 0.6) is 0 Å². The number of aromatic nitrogens is 3. The zero-order valence-corrected chi connectivity index (χ0v) is 15.6. The molecule has 2 aromatic carbocycles. The SMILES string of the molecule is Cc1ccc(NC(=O)CSc2nnc(C)n2-c2ccccc2C)cc1F. The van der Waals surface area contributed by atoms with E-state index in [1.54, 1.807) is 19.1 Å². The van der Waals surface area contributed by atoms with E-state index in [1.165, 1.54) is 17.8 Å². The summed E-state index contributed by atoms with van der Waals surface area (Å²) in [6.45, 7) is 5.57. The quantitative estimate of drug-likeness (QED) is 0.688. The molecule has 134 valence electrons. The summed E-state index contributed by atoms with van der Waals surface area (Å²) >= 11 is 1.29. The lowest BCUT2D eigenvalue weighted by molar-refractivity contribution is -0.113. The summed E-state index contributed by atoms with van der Waals surface area (Å²) in [5, 5.41) is 11.6. The molecule has 26 heavy (non-hydrogen) atoms. The highest BCUT2D eigenvalue weighted by Gasteiger charge is 2.15. The van der Waals surface area contributed by atoms with Crippen LogP contribution in [-0.4, -0.2) is 26.4 Å². The van der Waals surface area contributed by atoms with Crippen molar-refractivity contribution in [3.05, 3.63) is 65.2 Å². The van der Waals surface area contributed by atoms with E-state index in [0.717, 1.165) is 17.1 Å². The van der Waals surface area contributed by atoms with Gasteiger partial charge in [-0.05, 0) is 50.1 Å².